The highest BCUT2D eigenvalue weighted by Gasteiger charge is 2.30. The minimum Gasteiger partial charge on any atom is -0.495 e. The second-order valence-corrected chi connectivity index (χ2v) is 14.9. The predicted octanol–water partition coefficient (Wildman–Crippen LogP) is 4.47. The van der Waals surface area contributed by atoms with Crippen molar-refractivity contribution in [1.82, 2.24) is 15.5 Å². The number of nitrogens with zero attached hydrogens (tertiary/aromatic N) is 1. The van der Waals surface area contributed by atoms with Crippen LogP contribution in [0.3, 0.4) is 0 Å². The number of methoxy groups -OCH3 is 1. The summed E-state index contributed by atoms with van der Waals surface area (Å²) in [7, 11) is -0.921. The summed E-state index contributed by atoms with van der Waals surface area (Å²) in [5.41, 5.74) is 2.58. The number of carbonyl (C=O) groups excluding carboxylic acids is 1. The van der Waals surface area contributed by atoms with Crippen molar-refractivity contribution in [2.45, 2.75) is 57.6 Å². The van der Waals surface area contributed by atoms with Gasteiger partial charge in [-0.3, -0.25) is 20.3 Å². The zero-order chi connectivity index (χ0) is 31.0. The summed E-state index contributed by atoms with van der Waals surface area (Å²) >= 11 is 6.67. The molecule has 9 nitrogen and oxygen atoms in total. The molecule has 1 aliphatic heterocycles. The molecular formula is C31H44ClN6O3P. The van der Waals surface area contributed by atoms with Crippen molar-refractivity contribution in [2.24, 2.45) is 0 Å². The molecule has 5 N–H and O–H groups in total. The van der Waals surface area contributed by atoms with Gasteiger partial charge in [-0.1, -0.05) is 30.6 Å². The third-order valence-electron chi connectivity index (χ3n) is 6.91. The van der Waals surface area contributed by atoms with Crippen LogP contribution in [0.4, 0.5) is 17.1 Å². The number of anilines is 3. The Hall–Kier alpha value is -2.99. The van der Waals surface area contributed by atoms with E-state index in [0.29, 0.717) is 47.9 Å². The van der Waals surface area contributed by atoms with E-state index in [9.17, 15) is 9.36 Å². The number of carbonyl (C=O) groups is 1. The van der Waals surface area contributed by atoms with Crippen LogP contribution in [0, 0.1) is 11.8 Å². The number of benzene rings is 2. The molecule has 42 heavy (non-hydrogen) atoms. The molecule has 0 radical (unpaired) electrons. The number of rotatable bonds is 11. The SMILES string of the molecule is C=CC(=O)Nc1cc(NC2NCC(Cl)C(Nc3ccccc3P(C)(C)=O)N2)c(OC)cc1C#CCN(C(C)C)C(C)C. The van der Waals surface area contributed by atoms with Crippen LogP contribution in [0.5, 0.6) is 5.75 Å². The van der Waals surface area contributed by atoms with Crippen LogP contribution in [-0.4, -0.2) is 74.3 Å². The topological polar surface area (TPSA) is 107 Å². The van der Waals surface area contributed by atoms with Gasteiger partial charge in [0.25, 0.3) is 0 Å². The Labute approximate surface area is 255 Å². The Balaban J connectivity index is 1.87. The van der Waals surface area contributed by atoms with E-state index in [1.165, 1.54) is 6.08 Å². The molecule has 0 saturated carbocycles. The fourth-order valence-corrected chi connectivity index (χ4v) is 6.13. The number of hydrogen-bond donors (Lipinski definition) is 5. The molecule has 1 aliphatic rings. The minimum atomic E-state index is -2.51. The fourth-order valence-electron chi connectivity index (χ4n) is 4.74. The van der Waals surface area contributed by atoms with Crippen LogP contribution in [0.25, 0.3) is 0 Å². The van der Waals surface area contributed by atoms with Gasteiger partial charge in [0.15, 0.2) is 0 Å². The van der Waals surface area contributed by atoms with E-state index in [2.05, 4.69) is 77.6 Å². The third-order valence-corrected chi connectivity index (χ3v) is 8.87. The quantitative estimate of drug-likeness (QED) is 0.109. The number of para-hydroxylation sites is 1. The van der Waals surface area contributed by atoms with Gasteiger partial charge < -0.3 is 25.3 Å². The summed E-state index contributed by atoms with van der Waals surface area (Å²) in [5.74, 6) is 6.69. The van der Waals surface area contributed by atoms with E-state index < -0.39 is 13.4 Å². The maximum atomic E-state index is 12.9. The molecule has 0 aromatic heterocycles. The van der Waals surface area contributed by atoms with Crippen molar-refractivity contribution in [3.8, 4) is 17.6 Å². The summed E-state index contributed by atoms with van der Waals surface area (Å²) in [4.78, 5) is 14.6. The molecule has 3 unspecified atom stereocenters. The highest BCUT2D eigenvalue weighted by Crippen LogP contribution is 2.38. The molecule has 3 rings (SSSR count). The number of hydrogen-bond acceptors (Lipinski definition) is 8. The highest BCUT2D eigenvalue weighted by molar-refractivity contribution is 7.70. The van der Waals surface area contributed by atoms with Gasteiger partial charge in [-0.25, -0.2) is 0 Å². The Kier molecular flexibility index (Phi) is 11.9. The van der Waals surface area contributed by atoms with Gasteiger partial charge in [-0.15, -0.1) is 11.6 Å². The first-order chi connectivity index (χ1) is 19.8. The lowest BCUT2D eigenvalue weighted by Crippen LogP contribution is -2.64. The molecule has 0 bridgehead atoms. The number of ether oxygens (including phenoxy) is 1. The zero-order valence-corrected chi connectivity index (χ0v) is 27.2. The molecule has 1 fully saturated rings. The standard InChI is InChI=1S/C31H44ClN6O3P/c1-9-29(39)34-25-18-26(27(41-6)17-22(25)13-12-16-38(20(2)3)21(4)5)36-31-33-19-23(32)30(37-31)35-24-14-10-11-15-28(24)42(7,8)40/h9-11,14-15,17-18,20-21,23,30-31,33,35-37H,1,16,19H2,2-8H3,(H,34,39). The van der Waals surface area contributed by atoms with Gasteiger partial charge in [-0.05, 0) is 65.3 Å². The molecule has 1 heterocycles. The van der Waals surface area contributed by atoms with E-state index in [0.717, 1.165) is 11.0 Å². The lowest BCUT2D eigenvalue weighted by molar-refractivity contribution is -0.111. The monoisotopic (exact) mass is 614 g/mol. The smallest absolute Gasteiger partial charge is 0.247 e. The Morgan fingerprint density at radius 2 is 1.86 bits per heavy atom. The highest BCUT2D eigenvalue weighted by atomic mass is 35.5. The summed E-state index contributed by atoms with van der Waals surface area (Å²) < 4.78 is 18.6. The van der Waals surface area contributed by atoms with E-state index in [1.54, 1.807) is 26.5 Å². The first kappa shape index (κ1) is 33.5. The lowest BCUT2D eigenvalue weighted by Gasteiger charge is -2.37. The van der Waals surface area contributed by atoms with Gasteiger partial charge >= 0.3 is 0 Å². The van der Waals surface area contributed by atoms with Crippen LogP contribution >= 0.6 is 18.7 Å². The summed E-state index contributed by atoms with van der Waals surface area (Å²) in [6.45, 7) is 16.7. The maximum absolute atomic E-state index is 12.9. The molecule has 0 aliphatic carbocycles. The van der Waals surface area contributed by atoms with E-state index in [4.69, 9.17) is 16.3 Å². The van der Waals surface area contributed by atoms with E-state index in [1.807, 2.05) is 30.3 Å². The summed E-state index contributed by atoms with van der Waals surface area (Å²) in [6, 6.07) is 11.9. The van der Waals surface area contributed by atoms with Crippen LogP contribution in [0.15, 0.2) is 49.1 Å². The van der Waals surface area contributed by atoms with Crippen molar-refractivity contribution < 1.29 is 14.1 Å². The Morgan fingerprint density at radius 1 is 1.17 bits per heavy atom. The molecule has 1 saturated heterocycles. The number of nitrogens with one attached hydrogen (secondary N) is 5. The molecule has 11 heteroatoms. The summed E-state index contributed by atoms with van der Waals surface area (Å²) in [6.07, 6.45) is 0.483. The second-order valence-electron chi connectivity index (χ2n) is 11.1. The van der Waals surface area contributed by atoms with Gasteiger partial charge in [0.05, 0.1) is 42.1 Å². The fraction of sp³-hybridized carbons (Fsp3) is 0.452. The second kappa shape index (κ2) is 15.0. The minimum absolute atomic E-state index is 0.289. The normalized spacial score (nSPS) is 18.8. The van der Waals surface area contributed by atoms with Crippen LogP contribution in [-0.2, 0) is 9.36 Å². The third kappa shape index (κ3) is 9.00. The average Bonchev–Trinajstić information content (AvgIpc) is 2.93. The van der Waals surface area contributed by atoms with Gasteiger partial charge in [0, 0.05) is 35.7 Å². The number of halogens is 1. The predicted molar refractivity (Wildman–Crippen MR) is 177 cm³/mol. The summed E-state index contributed by atoms with van der Waals surface area (Å²) in [5, 5.41) is 17.0. The number of alkyl halides is 1. The van der Waals surface area contributed by atoms with E-state index >= 15 is 0 Å². The van der Waals surface area contributed by atoms with Crippen molar-refractivity contribution >= 4 is 47.0 Å². The van der Waals surface area contributed by atoms with Crippen LogP contribution in [0.1, 0.15) is 33.3 Å². The largest absolute Gasteiger partial charge is 0.495 e. The van der Waals surface area contributed by atoms with Crippen molar-refractivity contribution in [3.05, 3.63) is 54.6 Å². The molecule has 0 spiro atoms. The van der Waals surface area contributed by atoms with Crippen molar-refractivity contribution in [3.63, 3.8) is 0 Å². The maximum Gasteiger partial charge on any atom is 0.247 e. The molecule has 228 valence electrons. The van der Waals surface area contributed by atoms with Gasteiger partial charge in [0.2, 0.25) is 5.91 Å². The molecule has 3 atom stereocenters. The molecular weight excluding hydrogens is 571 g/mol. The van der Waals surface area contributed by atoms with Gasteiger partial charge in [-0.2, -0.15) is 0 Å². The van der Waals surface area contributed by atoms with E-state index in [-0.39, 0.29) is 17.5 Å². The average molecular weight is 615 g/mol. The van der Waals surface area contributed by atoms with Crippen molar-refractivity contribution in [1.29, 1.82) is 0 Å². The first-order valence-corrected chi connectivity index (χ1v) is 17.1. The first-order valence-electron chi connectivity index (χ1n) is 14.0. The number of amides is 1. The molecule has 1 amide bonds. The van der Waals surface area contributed by atoms with Crippen molar-refractivity contribution in [2.75, 3.05) is 49.5 Å². The zero-order valence-electron chi connectivity index (χ0n) is 25.5. The molecule has 2 aromatic carbocycles. The Bertz CT molecular complexity index is 1360. The van der Waals surface area contributed by atoms with Crippen LogP contribution in [0.2, 0.25) is 0 Å². The Morgan fingerprint density at radius 3 is 2.48 bits per heavy atom. The lowest BCUT2D eigenvalue weighted by atomic mass is 10.1. The van der Waals surface area contributed by atoms with Crippen LogP contribution < -0.4 is 36.6 Å². The molecule has 2 aromatic rings. The van der Waals surface area contributed by atoms with Gasteiger partial charge in [0.1, 0.15) is 19.2 Å².